The highest BCUT2D eigenvalue weighted by molar-refractivity contribution is 7.91. The highest BCUT2D eigenvalue weighted by atomic mass is 35.5. The summed E-state index contributed by atoms with van der Waals surface area (Å²) in [7, 11) is 0. The van der Waals surface area contributed by atoms with Crippen LogP contribution in [-0.4, -0.2) is 44.1 Å². The third-order valence-electron chi connectivity index (χ3n) is 3.48. The first-order valence-electron chi connectivity index (χ1n) is 7.44. The Bertz CT molecular complexity index is 637. The zero-order valence-electron chi connectivity index (χ0n) is 13.2. The van der Waals surface area contributed by atoms with Crippen LogP contribution in [0.4, 0.5) is 10.6 Å². The molecule has 1 amide bonds. The van der Waals surface area contributed by atoms with E-state index >= 15 is 0 Å². The number of hydrogen-bond acceptors (Lipinski definition) is 6. The first-order chi connectivity index (χ1) is 10.7. The molecule has 1 aliphatic carbocycles. The average Bonchev–Trinajstić information content (AvgIpc) is 2.98. The number of ether oxygens (including phenoxy) is 1. The molecule has 1 unspecified atom stereocenters. The van der Waals surface area contributed by atoms with Gasteiger partial charge in [0.15, 0.2) is 5.82 Å². The van der Waals surface area contributed by atoms with Gasteiger partial charge in [-0.25, -0.2) is 9.78 Å². The lowest BCUT2D eigenvalue weighted by atomic mass is 10.2. The molecular formula is C14H19ClN4O3S. The fraction of sp³-hybridized carbons (Fsp3) is 0.643. The van der Waals surface area contributed by atoms with Crippen LogP contribution in [0.3, 0.4) is 0 Å². The Balaban J connectivity index is 1.61. The summed E-state index contributed by atoms with van der Waals surface area (Å²) in [5.41, 5.74) is 0.211. The highest BCUT2D eigenvalue weighted by Gasteiger charge is 2.42. The molecule has 1 aromatic rings. The third-order valence-corrected chi connectivity index (χ3v) is 5.10. The van der Waals surface area contributed by atoms with Crippen molar-refractivity contribution in [2.45, 2.75) is 56.2 Å². The summed E-state index contributed by atoms with van der Waals surface area (Å²) in [6.07, 6.45) is 0.951. The van der Waals surface area contributed by atoms with E-state index in [2.05, 4.69) is 20.6 Å². The number of alkyl carbamates (subject to hydrolysis) is 1. The highest BCUT2D eigenvalue weighted by Crippen LogP contribution is 2.34. The molecule has 1 fully saturated rings. The number of halogens is 1. The maximum Gasteiger partial charge on any atom is 0.407 e. The van der Waals surface area contributed by atoms with E-state index in [1.54, 1.807) is 0 Å². The normalized spacial score (nSPS) is 25.7. The van der Waals surface area contributed by atoms with Crippen LogP contribution in [0.25, 0.3) is 0 Å². The van der Waals surface area contributed by atoms with Gasteiger partial charge in [-0.15, -0.1) is 0 Å². The Kier molecular flexibility index (Phi) is 4.33. The van der Waals surface area contributed by atoms with Crippen molar-refractivity contribution in [1.29, 1.82) is 0 Å². The minimum Gasteiger partial charge on any atom is -0.611 e. The van der Waals surface area contributed by atoms with Gasteiger partial charge in [-0.2, -0.15) is 4.98 Å². The van der Waals surface area contributed by atoms with Crippen molar-refractivity contribution in [3.63, 3.8) is 0 Å². The molecule has 1 saturated carbocycles. The van der Waals surface area contributed by atoms with Crippen LogP contribution in [-0.2, 0) is 22.3 Å². The Morgan fingerprint density at radius 2 is 2.13 bits per heavy atom. The molecule has 9 heteroatoms. The van der Waals surface area contributed by atoms with E-state index in [4.69, 9.17) is 16.3 Å². The lowest BCUT2D eigenvalue weighted by Crippen LogP contribution is -2.35. The van der Waals surface area contributed by atoms with Gasteiger partial charge < -0.3 is 19.9 Å². The van der Waals surface area contributed by atoms with Crippen molar-refractivity contribution < 1.29 is 14.1 Å². The SMILES string of the molecule is CC(C)(C)OC(=O)N[C@@H]1C[C@@H]1Nc1nc(Cl)nc2c1[S+]([O-])CC2. The summed E-state index contributed by atoms with van der Waals surface area (Å²) < 4.78 is 17.3. The van der Waals surface area contributed by atoms with Crippen LogP contribution in [0.1, 0.15) is 32.9 Å². The zero-order valence-corrected chi connectivity index (χ0v) is 14.8. The number of hydrogen-bond donors (Lipinski definition) is 2. The summed E-state index contributed by atoms with van der Waals surface area (Å²) >= 11 is 4.82. The Morgan fingerprint density at radius 3 is 2.83 bits per heavy atom. The summed E-state index contributed by atoms with van der Waals surface area (Å²) in [4.78, 5) is 20.7. The van der Waals surface area contributed by atoms with Crippen LogP contribution in [0.15, 0.2) is 4.90 Å². The minimum atomic E-state index is -1.10. The van der Waals surface area contributed by atoms with Gasteiger partial charge in [-0.05, 0) is 50.0 Å². The molecule has 2 aliphatic rings. The van der Waals surface area contributed by atoms with Crippen LogP contribution in [0.5, 0.6) is 0 Å². The second kappa shape index (κ2) is 5.99. The first kappa shape index (κ1) is 16.6. The van der Waals surface area contributed by atoms with E-state index in [1.165, 1.54) is 0 Å². The van der Waals surface area contributed by atoms with E-state index in [0.717, 1.165) is 12.1 Å². The number of fused-ring (bicyclic) bond motifs is 1. The number of nitrogens with zero attached hydrogens (tertiary/aromatic N) is 2. The molecule has 2 N–H and O–H groups in total. The lowest BCUT2D eigenvalue weighted by Gasteiger charge is -2.19. The summed E-state index contributed by atoms with van der Waals surface area (Å²) in [5.74, 6) is 1.05. The molecule has 7 nitrogen and oxygen atoms in total. The summed E-state index contributed by atoms with van der Waals surface area (Å²) in [6.45, 7) is 5.45. The van der Waals surface area contributed by atoms with Crippen molar-refractivity contribution in [3.05, 3.63) is 11.0 Å². The van der Waals surface area contributed by atoms with E-state index < -0.39 is 22.9 Å². The molecule has 0 bridgehead atoms. The smallest absolute Gasteiger partial charge is 0.407 e. The van der Waals surface area contributed by atoms with Gasteiger partial charge >= 0.3 is 6.09 Å². The molecular weight excluding hydrogens is 340 g/mol. The molecule has 0 radical (unpaired) electrons. The number of carbonyl (C=O) groups is 1. The van der Waals surface area contributed by atoms with E-state index in [-0.39, 0.29) is 17.4 Å². The number of anilines is 1. The van der Waals surface area contributed by atoms with Gasteiger partial charge in [0.2, 0.25) is 10.2 Å². The van der Waals surface area contributed by atoms with Crippen LogP contribution in [0.2, 0.25) is 5.28 Å². The van der Waals surface area contributed by atoms with Crippen molar-refractivity contribution in [2.24, 2.45) is 0 Å². The lowest BCUT2D eigenvalue weighted by molar-refractivity contribution is 0.0523. The first-order valence-corrected chi connectivity index (χ1v) is 9.13. The molecule has 3 rings (SSSR count). The van der Waals surface area contributed by atoms with Crippen molar-refractivity contribution in [3.8, 4) is 0 Å². The molecule has 1 aliphatic heterocycles. The van der Waals surface area contributed by atoms with E-state index in [9.17, 15) is 9.35 Å². The van der Waals surface area contributed by atoms with Crippen LogP contribution >= 0.6 is 11.6 Å². The maximum atomic E-state index is 12.1. The fourth-order valence-electron chi connectivity index (χ4n) is 2.41. The predicted molar refractivity (Wildman–Crippen MR) is 87.2 cm³/mol. The fourth-order valence-corrected chi connectivity index (χ4v) is 3.91. The quantitative estimate of drug-likeness (QED) is 0.632. The van der Waals surface area contributed by atoms with E-state index in [0.29, 0.717) is 22.9 Å². The second-order valence-electron chi connectivity index (χ2n) is 6.66. The Hall–Kier alpha value is -1.25. The largest absolute Gasteiger partial charge is 0.611 e. The number of amides is 1. The maximum absolute atomic E-state index is 12.1. The van der Waals surface area contributed by atoms with Gasteiger partial charge in [0, 0.05) is 6.42 Å². The molecule has 126 valence electrons. The minimum absolute atomic E-state index is 0.0233. The number of carbonyl (C=O) groups excluding carboxylic acids is 1. The number of rotatable bonds is 3. The van der Waals surface area contributed by atoms with Gasteiger partial charge in [0.05, 0.1) is 12.1 Å². The molecule has 0 aromatic carbocycles. The van der Waals surface area contributed by atoms with Gasteiger partial charge in [-0.3, -0.25) is 0 Å². The van der Waals surface area contributed by atoms with Crippen molar-refractivity contribution in [1.82, 2.24) is 15.3 Å². The topological polar surface area (TPSA) is 99.2 Å². The number of aryl methyl sites for hydroxylation is 1. The molecule has 0 saturated heterocycles. The average molecular weight is 359 g/mol. The summed E-state index contributed by atoms with van der Waals surface area (Å²) in [5, 5.41) is 6.15. The Labute approximate surface area is 142 Å². The Morgan fingerprint density at radius 1 is 1.39 bits per heavy atom. The predicted octanol–water partition coefficient (Wildman–Crippen LogP) is 1.87. The number of aromatic nitrogens is 2. The molecule has 23 heavy (non-hydrogen) atoms. The summed E-state index contributed by atoms with van der Waals surface area (Å²) in [6, 6.07) is -0.0146. The second-order valence-corrected chi connectivity index (χ2v) is 8.50. The monoisotopic (exact) mass is 358 g/mol. The van der Waals surface area contributed by atoms with Crippen LogP contribution in [0, 0.1) is 0 Å². The number of nitrogens with one attached hydrogen (secondary N) is 2. The van der Waals surface area contributed by atoms with E-state index in [1.807, 2.05) is 20.8 Å². The third kappa shape index (κ3) is 3.99. The van der Waals surface area contributed by atoms with Crippen molar-refractivity contribution in [2.75, 3.05) is 11.1 Å². The molecule has 3 atom stereocenters. The molecule has 0 spiro atoms. The van der Waals surface area contributed by atoms with Gasteiger partial charge in [0.1, 0.15) is 17.0 Å². The van der Waals surface area contributed by atoms with Gasteiger partial charge in [0.25, 0.3) is 0 Å². The van der Waals surface area contributed by atoms with Crippen LogP contribution < -0.4 is 10.6 Å². The van der Waals surface area contributed by atoms with Gasteiger partial charge in [-0.1, -0.05) is 0 Å². The molecule has 1 aromatic heterocycles. The standard InChI is InChI=1S/C14H19ClN4O3S/c1-14(2,3)22-13(20)18-9-6-8(9)16-11-10-7(4-5-23(10)21)17-12(15)19-11/h8-9H,4-6H2,1-3H3,(H,18,20)(H,16,17,19)/t8-,9+,23?/m0/s1. The zero-order chi connectivity index (χ0) is 16.8. The molecule has 2 heterocycles. The van der Waals surface area contributed by atoms with Crippen molar-refractivity contribution >= 4 is 34.7 Å².